The van der Waals surface area contributed by atoms with Crippen molar-refractivity contribution in [3.8, 4) is 0 Å². The maximum atomic E-state index is 8.19. The Kier molecular flexibility index (Phi) is 1.18. The number of fused-ring (bicyclic) bond motifs is 1. The molecule has 2 aliphatic rings. The summed E-state index contributed by atoms with van der Waals surface area (Å²) >= 11 is 0. The Labute approximate surface area is 59.4 Å². The number of azide groups is 1. The molecule has 0 saturated heterocycles. The molecule has 0 aromatic rings. The topological polar surface area (TPSA) is 48.8 Å². The minimum absolute atomic E-state index is 0.264. The van der Waals surface area contributed by atoms with Crippen LogP contribution in [0.15, 0.2) is 17.3 Å². The average molecular weight is 135 g/mol. The summed E-state index contributed by atoms with van der Waals surface area (Å²) in [5.74, 6) is 1.31. The third-order valence-electron chi connectivity index (χ3n) is 2.51. The van der Waals surface area contributed by atoms with Crippen molar-refractivity contribution in [3.05, 3.63) is 22.6 Å². The highest BCUT2D eigenvalue weighted by Gasteiger charge is 2.36. The maximum absolute atomic E-state index is 8.19. The molecular formula is C7H9N3. The standard InChI is InChI=1S/C7H9N3/c8-10-9-7-4-2-5-1-3-6(5)7/h1,3,5-7H,2,4H2/t5-,6-,7-/m0/s1. The Morgan fingerprint density at radius 3 is 2.80 bits per heavy atom. The molecule has 0 aromatic carbocycles. The molecule has 0 N–H and O–H groups in total. The predicted molar refractivity (Wildman–Crippen MR) is 38.3 cm³/mol. The fourth-order valence-electron chi connectivity index (χ4n) is 1.86. The number of rotatable bonds is 1. The van der Waals surface area contributed by atoms with E-state index in [1.807, 2.05) is 0 Å². The van der Waals surface area contributed by atoms with Crippen LogP contribution in [-0.4, -0.2) is 6.04 Å². The van der Waals surface area contributed by atoms with E-state index in [1.165, 1.54) is 6.42 Å². The van der Waals surface area contributed by atoms with Crippen LogP contribution in [0, 0.1) is 11.8 Å². The van der Waals surface area contributed by atoms with E-state index in [0.29, 0.717) is 5.92 Å². The van der Waals surface area contributed by atoms with Gasteiger partial charge in [0, 0.05) is 11.0 Å². The predicted octanol–water partition coefficient (Wildman–Crippen LogP) is 2.26. The van der Waals surface area contributed by atoms with Crippen molar-refractivity contribution in [1.29, 1.82) is 0 Å². The minimum Gasteiger partial charge on any atom is -0.0900 e. The van der Waals surface area contributed by atoms with E-state index in [2.05, 4.69) is 22.2 Å². The summed E-state index contributed by atoms with van der Waals surface area (Å²) in [6, 6.07) is 0.264. The highest BCUT2D eigenvalue weighted by molar-refractivity contribution is 5.16. The molecule has 3 heteroatoms. The van der Waals surface area contributed by atoms with E-state index in [0.717, 1.165) is 12.3 Å². The Morgan fingerprint density at radius 2 is 2.30 bits per heavy atom. The summed E-state index contributed by atoms with van der Waals surface area (Å²) in [5.41, 5.74) is 8.19. The lowest BCUT2D eigenvalue weighted by Crippen LogP contribution is -2.19. The minimum atomic E-state index is 0.264. The van der Waals surface area contributed by atoms with Crippen LogP contribution in [0.4, 0.5) is 0 Å². The van der Waals surface area contributed by atoms with E-state index in [1.54, 1.807) is 0 Å². The molecular weight excluding hydrogens is 126 g/mol. The molecule has 1 fully saturated rings. The second-order valence-electron chi connectivity index (χ2n) is 2.98. The zero-order valence-electron chi connectivity index (χ0n) is 5.64. The van der Waals surface area contributed by atoms with Crippen LogP contribution in [0.25, 0.3) is 10.4 Å². The fraction of sp³-hybridized carbons (Fsp3) is 0.714. The van der Waals surface area contributed by atoms with Gasteiger partial charge >= 0.3 is 0 Å². The molecule has 3 atom stereocenters. The van der Waals surface area contributed by atoms with E-state index in [-0.39, 0.29) is 6.04 Å². The Hall–Kier alpha value is -0.950. The molecule has 2 aliphatic carbocycles. The summed E-state index contributed by atoms with van der Waals surface area (Å²) in [6.07, 6.45) is 6.67. The quantitative estimate of drug-likeness (QED) is 0.229. The summed E-state index contributed by atoms with van der Waals surface area (Å²) in [6.45, 7) is 0. The van der Waals surface area contributed by atoms with Gasteiger partial charge < -0.3 is 0 Å². The van der Waals surface area contributed by atoms with Crippen molar-refractivity contribution in [1.82, 2.24) is 0 Å². The zero-order chi connectivity index (χ0) is 6.97. The SMILES string of the molecule is [N-]=[N+]=N[C@H]1CC[C@@H]2C=C[C@H]12. The van der Waals surface area contributed by atoms with Crippen molar-refractivity contribution in [2.45, 2.75) is 18.9 Å². The highest BCUT2D eigenvalue weighted by atomic mass is 15.2. The van der Waals surface area contributed by atoms with Crippen LogP contribution in [-0.2, 0) is 0 Å². The molecule has 0 bridgehead atoms. The number of hydrogen-bond acceptors (Lipinski definition) is 1. The van der Waals surface area contributed by atoms with Crippen molar-refractivity contribution in [3.63, 3.8) is 0 Å². The second-order valence-corrected chi connectivity index (χ2v) is 2.98. The van der Waals surface area contributed by atoms with Crippen molar-refractivity contribution in [2.75, 3.05) is 0 Å². The van der Waals surface area contributed by atoms with E-state index in [9.17, 15) is 0 Å². The monoisotopic (exact) mass is 135 g/mol. The molecule has 0 unspecified atom stereocenters. The molecule has 0 aliphatic heterocycles. The van der Waals surface area contributed by atoms with Gasteiger partial charge in [-0.3, -0.25) is 0 Å². The number of nitrogens with zero attached hydrogens (tertiary/aromatic N) is 3. The molecule has 10 heavy (non-hydrogen) atoms. The molecule has 0 spiro atoms. The number of hydrogen-bond donors (Lipinski definition) is 0. The van der Waals surface area contributed by atoms with Crippen molar-refractivity contribution in [2.24, 2.45) is 17.0 Å². The van der Waals surface area contributed by atoms with Gasteiger partial charge in [-0.25, -0.2) is 0 Å². The van der Waals surface area contributed by atoms with Gasteiger partial charge in [0.2, 0.25) is 0 Å². The smallest absolute Gasteiger partial charge is 0.0442 e. The van der Waals surface area contributed by atoms with Crippen molar-refractivity contribution >= 4 is 0 Å². The van der Waals surface area contributed by atoms with Crippen LogP contribution < -0.4 is 0 Å². The number of allylic oxidation sites excluding steroid dienone is 1. The third-order valence-corrected chi connectivity index (χ3v) is 2.51. The Bertz CT molecular complexity index is 215. The fourth-order valence-corrected chi connectivity index (χ4v) is 1.86. The van der Waals surface area contributed by atoms with Crippen LogP contribution >= 0.6 is 0 Å². The van der Waals surface area contributed by atoms with E-state index >= 15 is 0 Å². The summed E-state index contributed by atoms with van der Waals surface area (Å²) in [7, 11) is 0. The third kappa shape index (κ3) is 0.642. The first kappa shape index (κ1) is 5.81. The van der Waals surface area contributed by atoms with E-state index < -0.39 is 0 Å². The van der Waals surface area contributed by atoms with Gasteiger partial charge in [0.25, 0.3) is 0 Å². The van der Waals surface area contributed by atoms with Crippen LogP contribution in [0.1, 0.15) is 12.8 Å². The lowest BCUT2D eigenvalue weighted by atomic mass is 9.84. The lowest BCUT2D eigenvalue weighted by Gasteiger charge is -2.23. The second kappa shape index (κ2) is 2.03. The molecule has 0 amide bonds. The van der Waals surface area contributed by atoms with Crippen LogP contribution in [0.2, 0.25) is 0 Å². The van der Waals surface area contributed by atoms with Gasteiger partial charge in [-0.15, -0.1) is 0 Å². The van der Waals surface area contributed by atoms with Crippen LogP contribution in [0.3, 0.4) is 0 Å². The molecule has 1 saturated carbocycles. The van der Waals surface area contributed by atoms with Gasteiger partial charge in [0.1, 0.15) is 0 Å². The first-order valence-electron chi connectivity index (χ1n) is 3.64. The summed E-state index contributed by atoms with van der Waals surface area (Å²) in [5, 5.41) is 3.74. The van der Waals surface area contributed by atoms with Crippen molar-refractivity contribution < 1.29 is 0 Å². The van der Waals surface area contributed by atoms with E-state index in [4.69, 9.17) is 5.53 Å². The maximum Gasteiger partial charge on any atom is 0.0442 e. The molecule has 0 aromatic heterocycles. The van der Waals surface area contributed by atoms with Gasteiger partial charge in [-0.2, -0.15) is 0 Å². The lowest BCUT2D eigenvalue weighted by molar-refractivity contribution is 0.460. The molecule has 0 heterocycles. The first-order valence-corrected chi connectivity index (χ1v) is 3.64. The Morgan fingerprint density at radius 1 is 1.40 bits per heavy atom. The Balaban J connectivity index is 2.12. The first-order chi connectivity index (χ1) is 4.92. The summed E-state index contributed by atoms with van der Waals surface area (Å²) in [4.78, 5) is 2.83. The molecule has 3 nitrogen and oxygen atoms in total. The molecule has 2 rings (SSSR count). The average Bonchev–Trinajstić information content (AvgIpc) is 2.08. The van der Waals surface area contributed by atoms with Crippen LogP contribution in [0.5, 0.6) is 0 Å². The molecule has 52 valence electrons. The van der Waals surface area contributed by atoms with Gasteiger partial charge in [-0.05, 0) is 30.2 Å². The summed E-state index contributed by atoms with van der Waals surface area (Å²) < 4.78 is 0. The zero-order valence-corrected chi connectivity index (χ0v) is 5.64. The molecule has 0 radical (unpaired) electrons. The van der Waals surface area contributed by atoms with Gasteiger partial charge in [0.15, 0.2) is 0 Å². The largest absolute Gasteiger partial charge is 0.0900 e. The highest BCUT2D eigenvalue weighted by Crippen LogP contribution is 2.42. The van der Waals surface area contributed by atoms with Gasteiger partial charge in [0.05, 0.1) is 0 Å². The normalized spacial score (nSPS) is 41.8. The van der Waals surface area contributed by atoms with Gasteiger partial charge in [-0.1, -0.05) is 17.3 Å².